The smallest absolute Gasteiger partial charge is 0.162 e. The molecule has 1 unspecified atom stereocenters. The van der Waals surface area contributed by atoms with Gasteiger partial charge in [-0.05, 0) is 26.3 Å². The molecule has 0 aliphatic rings. The molecule has 0 radical (unpaired) electrons. The molecule has 0 saturated carbocycles. The molecule has 1 N–H and O–H groups in total. The quantitative estimate of drug-likeness (QED) is 0.842. The first-order valence-corrected chi connectivity index (χ1v) is 6.51. The highest BCUT2D eigenvalue weighted by molar-refractivity contribution is 9.09. The van der Waals surface area contributed by atoms with Crippen molar-refractivity contribution in [1.82, 2.24) is 5.32 Å². The zero-order valence-corrected chi connectivity index (χ0v) is 11.5. The van der Waals surface area contributed by atoms with Crippen LogP contribution in [0.1, 0.15) is 32.4 Å². The maximum Gasteiger partial charge on any atom is 0.162 e. The highest BCUT2D eigenvalue weighted by Crippen LogP contribution is 2.17. The summed E-state index contributed by atoms with van der Waals surface area (Å²) in [6, 6.07) is 10.3. The van der Waals surface area contributed by atoms with Crippen molar-refractivity contribution in [2.45, 2.75) is 32.4 Å². The number of rotatable bonds is 5. The molecule has 3 heteroatoms. The molecule has 0 aromatic heterocycles. The molecule has 1 atom stereocenters. The van der Waals surface area contributed by atoms with Crippen LogP contribution in [0.4, 0.5) is 0 Å². The number of alkyl halides is 1. The fraction of sp³-hybridized carbons (Fsp3) is 0.462. The lowest BCUT2D eigenvalue weighted by molar-refractivity contribution is -0.121. The van der Waals surface area contributed by atoms with Crippen LogP contribution in [-0.2, 0) is 4.79 Å². The van der Waals surface area contributed by atoms with Gasteiger partial charge in [-0.25, -0.2) is 0 Å². The zero-order chi connectivity index (χ0) is 12.2. The van der Waals surface area contributed by atoms with Crippen molar-refractivity contribution < 1.29 is 4.79 Å². The van der Waals surface area contributed by atoms with Crippen molar-refractivity contribution >= 4 is 21.7 Å². The molecule has 0 bridgehead atoms. The third-order valence-corrected chi connectivity index (χ3v) is 3.20. The number of Topliss-reactive ketones (excluding diaryl/α,β-unsaturated/α-hetero) is 1. The Labute approximate surface area is 106 Å². The van der Waals surface area contributed by atoms with E-state index < -0.39 is 5.54 Å². The van der Waals surface area contributed by atoms with Crippen molar-refractivity contribution in [2.24, 2.45) is 0 Å². The third kappa shape index (κ3) is 3.42. The maximum absolute atomic E-state index is 11.7. The van der Waals surface area contributed by atoms with Gasteiger partial charge in [0.2, 0.25) is 0 Å². The fourth-order valence-corrected chi connectivity index (χ4v) is 2.31. The second-order valence-corrected chi connectivity index (χ2v) is 5.02. The van der Waals surface area contributed by atoms with Crippen molar-refractivity contribution in [3.05, 3.63) is 35.9 Å². The minimum atomic E-state index is -0.501. The van der Waals surface area contributed by atoms with Crippen LogP contribution in [-0.4, -0.2) is 16.7 Å². The predicted octanol–water partition coefficient (Wildman–Crippen LogP) is 3.08. The van der Waals surface area contributed by atoms with E-state index in [1.807, 2.05) is 32.0 Å². The summed E-state index contributed by atoms with van der Waals surface area (Å²) in [6.45, 7) is 5.89. The predicted molar refractivity (Wildman–Crippen MR) is 70.9 cm³/mol. The van der Waals surface area contributed by atoms with E-state index >= 15 is 0 Å². The van der Waals surface area contributed by atoms with E-state index in [9.17, 15) is 4.79 Å². The summed E-state index contributed by atoms with van der Waals surface area (Å²) < 4.78 is 0. The molecule has 1 aromatic carbocycles. The average Bonchev–Trinajstić information content (AvgIpc) is 2.28. The van der Waals surface area contributed by atoms with Crippen LogP contribution >= 0.6 is 15.9 Å². The summed E-state index contributed by atoms with van der Waals surface area (Å²) in [5.74, 6) is 0.162. The Kier molecular flexibility index (Phi) is 4.69. The van der Waals surface area contributed by atoms with Crippen LogP contribution in [0.2, 0.25) is 0 Å². The van der Waals surface area contributed by atoms with E-state index in [0.29, 0.717) is 5.33 Å². The maximum atomic E-state index is 11.7. The van der Waals surface area contributed by atoms with Crippen LogP contribution in [0, 0.1) is 0 Å². The largest absolute Gasteiger partial charge is 0.299 e. The lowest BCUT2D eigenvalue weighted by Gasteiger charge is -2.28. The minimum absolute atomic E-state index is 0.162. The molecule has 2 nitrogen and oxygen atoms in total. The number of nitrogens with one attached hydrogen (secondary N) is 1. The molecule has 0 aliphatic carbocycles. The summed E-state index contributed by atoms with van der Waals surface area (Å²) in [7, 11) is 0. The SMILES string of the molecule is CC(NC(C)(C)C(=O)CBr)c1ccccc1. The van der Waals surface area contributed by atoms with Gasteiger partial charge in [0.1, 0.15) is 0 Å². The zero-order valence-electron chi connectivity index (χ0n) is 9.96. The van der Waals surface area contributed by atoms with E-state index in [1.54, 1.807) is 0 Å². The molecular weight excluding hydrogens is 266 g/mol. The van der Waals surface area contributed by atoms with Gasteiger partial charge in [-0.2, -0.15) is 0 Å². The Morgan fingerprint density at radius 1 is 1.38 bits per heavy atom. The first kappa shape index (κ1) is 13.4. The summed E-state index contributed by atoms with van der Waals surface area (Å²) in [5, 5.41) is 3.73. The topological polar surface area (TPSA) is 29.1 Å². The summed E-state index contributed by atoms with van der Waals surface area (Å²) >= 11 is 3.21. The fourth-order valence-electron chi connectivity index (χ4n) is 1.61. The number of halogens is 1. The Bertz CT molecular complexity index is 348. The van der Waals surface area contributed by atoms with Crippen molar-refractivity contribution in [1.29, 1.82) is 0 Å². The van der Waals surface area contributed by atoms with Gasteiger partial charge in [-0.3, -0.25) is 10.1 Å². The molecule has 0 fully saturated rings. The molecule has 0 saturated heterocycles. The average molecular weight is 284 g/mol. The molecule has 1 aromatic rings. The highest BCUT2D eigenvalue weighted by Gasteiger charge is 2.27. The second kappa shape index (κ2) is 5.60. The van der Waals surface area contributed by atoms with Gasteiger partial charge in [-0.15, -0.1) is 0 Å². The van der Waals surface area contributed by atoms with Crippen LogP contribution in [0.25, 0.3) is 0 Å². The first-order valence-electron chi connectivity index (χ1n) is 5.39. The van der Waals surface area contributed by atoms with E-state index in [4.69, 9.17) is 0 Å². The number of benzene rings is 1. The van der Waals surface area contributed by atoms with Gasteiger partial charge in [0.05, 0.1) is 10.9 Å². The van der Waals surface area contributed by atoms with Crippen molar-refractivity contribution in [2.75, 3.05) is 5.33 Å². The summed E-state index contributed by atoms with van der Waals surface area (Å²) in [5.41, 5.74) is 0.691. The normalized spacial score (nSPS) is 13.5. The Morgan fingerprint density at radius 3 is 2.44 bits per heavy atom. The molecule has 0 aliphatic heterocycles. The van der Waals surface area contributed by atoms with Crippen molar-refractivity contribution in [3.63, 3.8) is 0 Å². The molecule has 88 valence electrons. The van der Waals surface area contributed by atoms with E-state index in [0.717, 1.165) is 0 Å². The minimum Gasteiger partial charge on any atom is -0.299 e. The Morgan fingerprint density at radius 2 is 1.94 bits per heavy atom. The first-order chi connectivity index (χ1) is 7.47. The van der Waals surface area contributed by atoms with Crippen molar-refractivity contribution in [3.8, 4) is 0 Å². The lowest BCUT2D eigenvalue weighted by Crippen LogP contribution is -2.48. The Balaban J connectivity index is 2.71. The number of ketones is 1. The number of hydrogen-bond donors (Lipinski definition) is 1. The molecule has 16 heavy (non-hydrogen) atoms. The van der Waals surface area contributed by atoms with Gasteiger partial charge < -0.3 is 0 Å². The van der Waals surface area contributed by atoms with E-state index in [2.05, 4.69) is 40.3 Å². The van der Waals surface area contributed by atoms with Crippen LogP contribution < -0.4 is 5.32 Å². The molecular formula is C13H18BrNO. The third-order valence-electron chi connectivity index (χ3n) is 2.70. The molecule has 0 amide bonds. The highest BCUT2D eigenvalue weighted by atomic mass is 79.9. The lowest BCUT2D eigenvalue weighted by atomic mass is 9.97. The second-order valence-electron chi connectivity index (χ2n) is 4.46. The van der Waals surface area contributed by atoms with Crippen LogP contribution in [0.15, 0.2) is 30.3 Å². The van der Waals surface area contributed by atoms with Gasteiger partial charge in [0.25, 0.3) is 0 Å². The van der Waals surface area contributed by atoms with Crippen LogP contribution in [0.3, 0.4) is 0 Å². The number of carbonyl (C=O) groups excluding carboxylic acids is 1. The van der Waals surface area contributed by atoms with Gasteiger partial charge in [0.15, 0.2) is 5.78 Å². The summed E-state index contributed by atoms with van der Waals surface area (Å²) in [6.07, 6.45) is 0. The molecule has 0 spiro atoms. The number of carbonyl (C=O) groups is 1. The molecule has 1 rings (SSSR count). The Hall–Kier alpha value is -0.670. The van der Waals surface area contributed by atoms with E-state index in [1.165, 1.54) is 5.56 Å². The van der Waals surface area contributed by atoms with Gasteiger partial charge >= 0.3 is 0 Å². The van der Waals surface area contributed by atoms with Gasteiger partial charge in [-0.1, -0.05) is 46.3 Å². The standard InChI is InChI=1S/C13H18BrNO/c1-10(11-7-5-4-6-8-11)15-13(2,3)12(16)9-14/h4-8,10,15H,9H2,1-3H3. The summed E-state index contributed by atoms with van der Waals surface area (Å²) in [4.78, 5) is 11.7. The van der Waals surface area contributed by atoms with E-state index in [-0.39, 0.29) is 11.8 Å². The van der Waals surface area contributed by atoms with Gasteiger partial charge in [0, 0.05) is 6.04 Å². The van der Waals surface area contributed by atoms with Crippen LogP contribution in [0.5, 0.6) is 0 Å². The number of hydrogen-bond acceptors (Lipinski definition) is 2. The molecule has 0 heterocycles. The monoisotopic (exact) mass is 283 g/mol.